The molecule has 4 nitrogen and oxygen atoms in total. The van der Waals surface area contributed by atoms with Crippen molar-refractivity contribution in [3.05, 3.63) is 14.7 Å². The van der Waals surface area contributed by atoms with Crippen molar-refractivity contribution in [3.8, 4) is 0 Å². The van der Waals surface area contributed by atoms with Crippen molar-refractivity contribution in [2.24, 2.45) is 0 Å². The largest absolute Gasteiger partial charge is 0.312 e. The van der Waals surface area contributed by atoms with Crippen LogP contribution >= 0.6 is 27.3 Å². The molecule has 0 spiro atoms. The first kappa shape index (κ1) is 16.4. The average molecular weight is 381 g/mol. The van der Waals surface area contributed by atoms with Crippen LogP contribution in [0.5, 0.6) is 0 Å². The van der Waals surface area contributed by atoms with E-state index in [1.54, 1.807) is 10.4 Å². The molecule has 1 saturated heterocycles. The Morgan fingerprint density at radius 2 is 2.25 bits per heavy atom. The van der Waals surface area contributed by atoms with Gasteiger partial charge in [0.1, 0.15) is 4.90 Å². The van der Waals surface area contributed by atoms with Gasteiger partial charge < -0.3 is 5.32 Å². The van der Waals surface area contributed by atoms with Gasteiger partial charge in [0.15, 0.2) is 0 Å². The molecule has 1 aromatic rings. The zero-order chi connectivity index (χ0) is 14.8. The molecule has 1 N–H and O–H groups in total. The Bertz CT molecular complexity index is 557. The molecule has 1 fully saturated rings. The molecule has 0 amide bonds. The van der Waals surface area contributed by atoms with Crippen LogP contribution in [0.4, 0.5) is 0 Å². The maximum absolute atomic E-state index is 12.8. The number of nitrogens with one attached hydrogen (secondary N) is 1. The van der Waals surface area contributed by atoms with Gasteiger partial charge in [-0.05, 0) is 47.8 Å². The summed E-state index contributed by atoms with van der Waals surface area (Å²) in [5.74, 6) is 0. The minimum absolute atomic E-state index is 0.156. The minimum atomic E-state index is -3.37. The van der Waals surface area contributed by atoms with Crippen molar-refractivity contribution in [2.75, 3.05) is 13.1 Å². The Morgan fingerprint density at radius 1 is 1.50 bits per heavy atom. The number of rotatable bonds is 6. The summed E-state index contributed by atoms with van der Waals surface area (Å²) in [6.45, 7) is 6.33. The maximum atomic E-state index is 12.8. The second-order valence-corrected chi connectivity index (χ2v) is 9.26. The zero-order valence-corrected chi connectivity index (χ0v) is 15.1. The van der Waals surface area contributed by atoms with E-state index < -0.39 is 10.0 Å². The van der Waals surface area contributed by atoms with Crippen molar-refractivity contribution in [2.45, 2.75) is 50.6 Å². The van der Waals surface area contributed by atoms with E-state index in [4.69, 9.17) is 0 Å². The van der Waals surface area contributed by atoms with Gasteiger partial charge in [-0.15, -0.1) is 11.3 Å². The summed E-state index contributed by atoms with van der Waals surface area (Å²) in [5, 5.41) is 3.23. The number of hydrogen-bond acceptors (Lipinski definition) is 4. The van der Waals surface area contributed by atoms with Gasteiger partial charge in [-0.1, -0.05) is 13.8 Å². The van der Waals surface area contributed by atoms with Gasteiger partial charge in [-0.25, -0.2) is 8.42 Å². The molecule has 0 aromatic carbocycles. The van der Waals surface area contributed by atoms with Crippen LogP contribution in [0, 0.1) is 0 Å². The molecular weight excluding hydrogens is 360 g/mol. The molecule has 1 unspecified atom stereocenters. The summed E-state index contributed by atoms with van der Waals surface area (Å²) in [4.78, 5) is 1.47. The van der Waals surface area contributed by atoms with Crippen LogP contribution in [0.3, 0.4) is 0 Å². The van der Waals surface area contributed by atoms with E-state index in [1.165, 1.54) is 11.3 Å². The Balaban J connectivity index is 2.27. The molecule has 20 heavy (non-hydrogen) atoms. The lowest BCUT2D eigenvalue weighted by Gasteiger charge is -2.22. The zero-order valence-electron chi connectivity index (χ0n) is 11.9. The number of thiophene rings is 1. The molecular formula is C13H21BrN2O2S2. The van der Waals surface area contributed by atoms with Gasteiger partial charge in [0.2, 0.25) is 10.0 Å². The Labute approximate surface area is 133 Å². The highest BCUT2D eigenvalue weighted by Gasteiger charge is 2.36. The predicted molar refractivity (Wildman–Crippen MR) is 86.6 cm³/mol. The van der Waals surface area contributed by atoms with Gasteiger partial charge in [0.25, 0.3) is 0 Å². The van der Waals surface area contributed by atoms with Crippen LogP contribution in [-0.4, -0.2) is 31.9 Å². The first-order valence-corrected chi connectivity index (χ1v) is 10.1. The summed E-state index contributed by atoms with van der Waals surface area (Å²) >= 11 is 4.92. The van der Waals surface area contributed by atoms with Gasteiger partial charge in [0.05, 0.1) is 3.79 Å². The van der Waals surface area contributed by atoms with Crippen LogP contribution < -0.4 is 5.32 Å². The van der Waals surface area contributed by atoms with E-state index in [2.05, 4.69) is 28.2 Å². The highest BCUT2D eigenvalue weighted by atomic mass is 79.9. The monoisotopic (exact) mass is 380 g/mol. The SMILES string of the molecule is CCNCc1cc(S(=O)(=O)N2CCCC2CC)c(Br)s1. The molecule has 0 radical (unpaired) electrons. The van der Waals surface area contributed by atoms with E-state index >= 15 is 0 Å². The third kappa shape index (κ3) is 3.27. The van der Waals surface area contributed by atoms with Gasteiger partial charge in [-0.2, -0.15) is 4.31 Å². The second kappa shape index (κ2) is 6.87. The molecule has 1 aliphatic heterocycles. The predicted octanol–water partition coefficient (Wildman–Crippen LogP) is 3.18. The summed E-state index contributed by atoms with van der Waals surface area (Å²) in [7, 11) is -3.37. The van der Waals surface area contributed by atoms with Crippen LogP contribution in [0.2, 0.25) is 0 Å². The molecule has 0 bridgehead atoms. The Morgan fingerprint density at radius 3 is 2.90 bits per heavy atom. The third-order valence-electron chi connectivity index (χ3n) is 3.64. The summed E-state index contributed by atoms with van der Waals surface area (Å²) in [6, 6.07) is 1.96. The van der Waals surface area contributed by atoms with Crippen molar-refractivity contribution in [3.63, 3.8) is 0 Å². The summed E-state index contributed by atoms with van der Waals surface area (Å²) < 4.78 is 28.0. The van der Waals surface area contributed by atoms with Gasteiger partial charge in [-0.3, -0.25) is 0 Å². The fraction of sp³-hybridized carbons (Fsp3) is 0.692. The molecule has 114 valence electrons. The van der Waals surface area contributed by atoms with Crippen LogP contribution in [0.1, 0.15) is 38.0 Å². The molecule has 7 heteroatoms. The van der Waals surface area contributed by atoms with Crippen molar-refractivity contribution >= 4 is 37.3 Å². The molecule has 1 aromatic heterocycles. The standard InChI is InChI=1S/C13H21BrN2O2S2/c1-3-10-6-5-7-16(10)20(17,18)12-8-11(9-15-4-2)19-13(12)14/h8,10,15H,3-7,9H2,1-2H3. The first-order valence-electron chi connectivity index (χ1n) is 7.01. The quantitative estimate of drug-likeness (QED) is 0.824. The first-order chi connectivity index (χ1) is 9.50. The number of nitrogens with zero attached hydrogens (tertiary/aromatic N) is 1. The van der Waals surface area contributed by atoms with E-state index in [0.717, 1.165) is 30.7 Å². The fourth-order valence-corrected chi connectivity index (χ4v) is 6.94. The Hall–Kier alpha value is 0.0500. The lowest BCUT2D eigenvalue weighted by Crippen LogP contribution is -2.35. The van der Waals surface area contributed by atoms with E-state index in [9.17, 15) is 8.42 Å². The highest BCUT2D eigenvalue weighted by molar-refractivity contribution is 9.11. The van der Waals surface area contributed by atoms with Gasteiger partial charge >= 0.3 is 0 Å². The maximum Gasteiger partial charge on any atom is 0.245 e. The molecule has 0 saturated carbocycles. The lowest BCUT2D eigenvalue weighted by molar-refractivity contribution is 0.379. The topological polar surface area (TPSA) is 49.4 Å². The number of hydrogen-bond donors (Lipinski definition) is 1. The molecule has 2 heterocycles. The third-order valence-corrected chi connectivity index (χ3v) is 7.84. The highest BCUT2D eigenvalue weighted by Crippen LogP contribution is 2.36. The lowest BCUT2D eigenvalue weighted by atomic mass is 10.2. The smallest absolute Gasteiger partial charge is 0.245 e. The molecule has 1 aliphatic rings. The van der Waals surface area contributed by atoms with Crippen LogP contribution in [0.25, 0.3) is 0 Å². The van der Waals surface area contributed by atoms with E-state index in [1.807, 2.05) is 6.92 Å². The van der Waals surface area contributed by atoms with Crippen LogP contribution in [-0.2, 0) is 16.6 Å². The molecule has 2 rings (SSSR count). The van der Waals surface area contributed by atoms with Crippen molar-refractivity contribution in [1.82, 2.24) is 9.62 Å². The van der Waals surface area contributed by atoms with Crippen molar-refractivity contribution in [1.29, 1.82) is 0 Å². The van der Waals surface area contributed by atoms with Crippen LogP contribution in [0.15, 0.2) is 14.7 Å². The normalized spacial score (nSPS) is 20.6. The van der Waals surface area contributed by atoms with E-state index in [-0.39, 0.29) is 6.04 Å². The number of halogens is 1. The summed E-state index contributed by atoms with van der Waals surface area (Å²) in [5.41, 5.74) is 0. The summed E-state index contributed by atoms with van der Waals surface area (Å²) in [6.07, 6.45) is 2.82. The van der Waals surface area contributed by atoms with E-state index in [0.29, 0.717) is 21.8 Å². The van der Waals surface area contributed by atoms with Gasteiger partial charge in [0, 0.05) is 24.0 Å². The Kier molecular flexibility index (Phi) is 5.64. The minimum Gasteiger partial charge on any atom is -0.312 e. The second-order valence-electron chi connectivity index (χ2n) is 4.95. The fourth-order valence-electron chi connectivity index (χ4n) is 2.57. The van der Waals surface area contributed by atoms with Crippen molar-refractivity contribution < 1.29 is 8.42 Å². The average Bonchev–Trinajstić information content (AvgIpc) is 3.02. The molecule has 0 aliphatic carbocycles. The molecule has 1 atom stereocenters. The number of sulfonamides is 1.